The number of carboxylic acid groups (broad SMARTS) is 1. The number of nitrogens with zero attached hydrogens (tertiary/aromatic N) is 5. The Bertz CT molecular complexity index is 691. The van der Waals surface area contributed by atoms with Crippen LogP contribution in [0, 0.1) is 0 Å². The van der Waals surface area contributed by atoms with Crippen LogP contribution in [0.4, 0.5) is 4.79 Å². The SMILES string of the molecule is CC(C)N1CCn2cc(C(=O)N(C)C3(C)CCN(C(=O)O)CC3)nc2C1. The third-order valence-corrected chi connectivity index (χ3v) is 6.01. The molecule has 1 aromatic heterocycles. The third-order valence-electron chi connectivity index (χ3n) is 6.01. The number of carbonyl (C=O) groups excluding carboxylic acids is 1. The lowest BCUT2D eigenvalue weighted by Crippen LogP contribution is -2.54. The highest BCUT2D eigenvalue weighted by Crippen LogP contribution is 2.29. The number of likely N-dealkylation sites (tertiary alicyclic amines) is 1. The molecule has 26 heavy (non-hydrogen) atoms. The number of piperidine rings is 1. The monoisotopic (exact) mass is 363 g/mol. The van der Waals surface area contributed by atoms with Crippen molar-refractivity contribution < 1.29 is 14.7 Å². The van der Waals surface area contributed by atoms with Gasteiger partial charge in [-0.1, -0.05) is 0 Å². The number of hydrogen-bond donors (Lipinski definition) is 1. The molecule has 144 valence electrons. The Morgan fingerprint density at radius 1 is 1.23 bits per heavy atom. The molecule has 2 aliphatic heterocycles. The highest BCUT2D eigenvalue weighted by atomic mass is 16.4. The van der Waals surface area contributed by atoms with E-state index in [9.17, 15) is 9.59 Å². The minimum Gasteiger partial charge on any atom is -0.465 e. The molecule has 0 radical (unpaired) electrons. The molecule has 1 fully saturated rings. The maximum atomic E-state index is 13.0. The predicted molar refractivity (Wildman–Crippen MR) is 97.1 cm³/mol. The van der Waals surface area contributed by atoms with E-state index in [1.807, 2.05) is 13.1 Å². The quantitative estimate of drug-likeness (QED) is 0.884. The molecule has 0 bridgehead atoms. The molecule has 3 rings (SSSR count). The second-order valence-electron chi connectivity index (χ2n) is 7.93. The molecule has 8 heteroatoms. The van der Waals surface area contributed by atoms with E-state index in [0.29, 0.717) is 37.7 Å². The lowest BCUT2D eigenvalue weighted by molar-refractivity contribution is 0.0377. The summed E-state index contributed by atoms with van der Waals surface area (Å²) in [4.78, 5) is 34.2. The lowest BCUT2D eigenvalue weighted by atomic mass is 9.88. The highest BCUT2D eigenvalue weighted by Gasteiger charge is 2.38. The smallest absolute Gasteiger partial charge is 0.407 e. The molecule has 0 aliphatic carbocycles. The molecular formula is C18H29N5O3. The van der Waals surface area contributed by atoms with Crippen LogP contribution in [0.15, 0.2) is 6.20 Å². The van der Waals surface area contributed by atoms with Crippen molar-refractivity contribution in [3.63, 3.8) is 0 Å². The summed E-state index contributed by atoms with van der Waals surface area (Å²) in [5.41, 5.74) is 0.131. The van der Waals surface area contributed by atoms with Crippen LogP contribution < -0.4 is 0 Å². The van der Waals surface area contributed by atoms with Crippen molar-refractivity contribution in [2.75, 3.05) is 26.7 Å². The minimum atomic E-state index is -0.891. The van der Waals surface area contributed by atoms with Gasteiger partial charge in [0, 0.05) is 51.0 Å². The molecule has 8 nitrogen and oxygen atoms in total. The summed E-state index contributed by atoms with van der Waals surface area (Å²) < 4.78 is 2.08. The van der Waals surface area contributed by atoms with Crippen LogP contribution in [-0.2, 0) is 13.1 Å². The highest BCUT2D eigenvalue weighted by molar-refractivity contribution is 5.92. The number of aromatic nitrogens is 2. The van der Waals surface area contributed by atoms with Crippen LogP contribution in [0.3, 0.4) is 0 Å². The van der Waals surface area contributed by atoms with Gasteiger partial charge >= 0.3 is 6.09 Å². The molecule has 2 aliphatic rings. The number of rotatable bonds is 3. The molecular weight excluding hydrogens is 334 g/mol. The zero-order chi connectivity index (χ0) is 19.1. The zero-order valence-corrected chi connectivity index (χ0v) is 16.1. The summed E-state index contributed by atoms with van der Waals surface area (Å²) in [6.45, 7) is 9.85. The third kappa shape index (κ3) is 3.42. The fraction of sp³-hybridized carbons (Fsp3) is 0.722. The minimum absolute atomic E-state index is 0.0886. The largest absolute Gasteiger partial charge is 0.465 e. The standard InChI is InChI=1S/C18H29N5O3/c1-13(2)22-9-10-23-11-14(19-15(23)12-22)16(24)20(4)18(3)5-7-21(8-6-18)17(25)26/h11,13H,5-10,12H2,1-4H3,(H,25,26). The number of carbonyl (C=O) groups is 2. The van der Waals surface area contributed by atoms with Crippen molar-refractivity contribution in [1.29, 1.82) is 0 Å². The average molecular weight is 363 g/mol. The van der Waals surface area contributed by atoms with Crippen LogP contribution in [0.5, 0.6) is 0 Å². The maximum Gasteiger partial charge on any atom is 0.407 e. The van der Waals surface area contributed by atoms with Crippen molar-refractivity contribution in [2.24, 2.45) is 0 Å². The average Bonchev–Trinajstić information content (AvgIpc) is 3.03. The molecule has 3 heterocycles. The van der Waals surface area contributed by atoms with Gasteiger partial charge in [-0.3, -0.25) is 9.69 Å². The van der Waals surface area contributed by atoms with E-state index in [0.717, 1.165) is 25.5 Å². The first-order chi connectivity index (χ1) is 12.2. The van der Waals surface area contributed by atoms with Crippen molar-refractivity contribution >= 4 is 12.0 Å². The van der Waals surface area contributed by atoms with E-state index in [1.165, 1.54) is 4.90 Å². The van der Waals surface area contributed by atoms with Gasteiger partial charge in [-0.25, -0.2) is 9.78 Å². The van der Waals surface area contributed by atoms with Gasteiger partial charge in [0.2, 0.25) is 0 Å². The van der Waals surface area contributed by atoms with Gasteiger partial charge in [0.15, 0.2) is 0 Å². The summed E-state index contributed by atoms with van der Waals surface area (Å²) in [7, 11) is 1.80. The van der Waals surface area contributed by atoms with Gasteiger partial charge < -0.3 is 19.5 Å². The summed E-state index contributed by atoms with van der Waals surface area (Å²) in [5, 5.41) is 9.12. The number of imidazole rings is 1. The molecule has 1 N–H and O–H groups in total. The second-order valence-corrected chi connectivity index (χ2v) is 7.93. The lowest BCUT2D eigenvalue weighted by Gasteiger charge is -2.44. The van der Waals surface area contributed by atoms with Crippen LogP contribution >= 0.6 is 0 Å². The van der Waals surface area contributed by atoms with Crippen LogP contribution in [-0.4, -0.2) is 79.6 Å². The Labute approximate surface area is 154 Å². The van der Waals surface area contributed by atoms with E-state index < -0.39 is 6.09 Å². The molecule has 0 atom stereocenters. The van der Waals surface area contributed by atoms with Gasteiger partial charge in [-0.15, -0.1) is 0 Å². The first-order valence-electron chi connectivity index (χ1n) is 9.27. The van der Waals surface area contributed by atoms with E-state index in [1.54, 1.807) is 11.9 Å². The Balaban J connectivity index is 1.71. The van der Waals surface area contributed by atoms with Crippen LogP contribution in [0.25, 0.3) is 0 Å². The topological polar surface area (TPSA) is 81.9 Å². The molecule has 0 saturated carbocycles. The Morgan fingerprint density at radius 2 is 1.88 bits per heavy atom. The second kappa shape index (κ2) is 6.90. The van der Waals surface area contributed by atoms with Crippen molar-refractivity contribution in [3.05, 3.63) is 17.7 Å². The Morgan fingerprint density at radius 3 is 2.46 bits per heavy atom. The molecule has 0 unspecified atom stereocenters. The Kier molecular flexibility index (Phi) is 4.96. The number of fused-ring (bicyclic) bond motifs is 1. The molecule has 0 spiro atoms. The molecule has 0 aromatic carbocycles. The van der Waals surface area contributed by atoms with E-state index in [2.05, 4.69) is 28.3 Å². The van der Waals surface area contributed by atoms with Gasteiger partial charge in [0.25, 0.3) is 5.91 Å². The summed E-state index contributed by atoms with van der Waals surface area (Å²) in [6, 6.07) is 0.459. The van der Waals surface area contributed by atoms with Crippen LogP contribution in [0.2, 0.25) is 0 Å². The van der Waals surface area contributed by atoms with Gasteiger partial charge in [-0.2, -0.15) is 0 Å². The molecule has 1 aromatic rings. The summed E-state index contributed by atoms with van der Waals surface area (Å²) in [6.07, 6.45) is 2.24. The zero-order valence-electron chi connectivity index (χ0n) is 16.1. The fourth-order valence-electron chi connectivity index (χ4n) is 3.75. The number of amides is 2. The van der Waals surface area contributed by atoms with Crippen molar-refractivity contribution in [3.8, 4) is 0 Å². The molecule has 2 amide bonds. The maximum absolute atomic E-state index is 13.0. The summed E-state index contributed by atoms with van der Waals surface area (Å²) in [5.74, 6) is 0.849. The predicted octanol–water partition coefficient (Wildman–Crippen LogP) is 1.71. The van der Waals surface area contributed by atoms with E-state index in [-0.39, 0.29) is 11.4 Å². The van der Waals surface area contributed by atoms with Gasteiger partial charge in [-0.05, 0) is 33.6 Å². The van der Waals surface area contributed by atoms with E-state index in [4.69, 9.17) is 5.11 Å². The van der Waals surface area contributed by atoms with Crippen molar-refractivity contribution in [2.45, 2.75) is 58.3 Å². The normalized spacial score (nSPS) is 20.1. The summed E-state index contributed by atoms with van der Waals surface area (Å²) >= 11 is 0. The fourth-order valence-corrected chi connectivity index (χ4v) is 3.75. The molecule has 1 saturated heterocycles. The van der Waals surface area contributed by atoms with Crippen LogP contribution in [0.1, 0.15) is 49.9 Å². The Hall–Kier alpha value is -2.09. The first-order valence-corrected chi connectivity index (χ1v) is 9.27. The van der Waals surface area contributed by atoms with Gasteiger partial charge in [0.05, 0.1) is 6.54 Å². The van der Waals surface area contributed by atoms with E-state index >= 15 is 0 Å². The van der Waals surface area contributed by atoms with Gasteiger partial charge in [0.1, 0.15) is 11.5 Å². The van der Waals surface area contributed by atoms with Crippen molar-refractivity contribution in [1.82, 2.24) is 24.3 Å². The first kappa shape index (κ1) is 18.7. The number of hydrogen-bond acceptors (Lipinski definition) is 4.